The quantitative estimate of drug-likeness (QED) is 0.724. The van der Waals surface area contributed by atoms with Crippen molar-refractivity contribution in [1.82, 2.24) is 20.2 Å². The summed E-state index contributed by atoms with van der Waals surface area (Å²) >= 11 is 0. The molecule has 168 valence electrons. The number of quaternary nitrogens is 2. The normalized spacial score (nSPS) is 26.7. The average molecular weight is 427 g/mol. The molecule has 0 radical (unpaired) electrons. The number of para-hydroxylation sites is 1. The van der Waals surface area contributed by atoms with Crippen LogP contribution in [0.3, 0.4) is 0 Å². The summed E-state index contributed by atoms with van der Waals surface area (Å²) in [6.45, 7) is 4.81. The second-order valence-electron chi connectivity index (χ2n) is 9.75. The van der Waals surface area contributed by atoms with Crippen LogP contribution in [0.2, 0.25) is 0 Å². The molecule has 3 aliphatic rings. The topological polar surface area (TPSA) is 61.7 Å². The fraction of sp³-hybridized carbons (Fsp3) is 0.708. The molecular weight excluding hydrogens is 388 g/mol. The van der Waals surface area contributed by atoms with Crippen LogP contribution in [-0.4, -0.2) is 59.5 Å². The minimum atomic E-state index is 0.125. The maximum Gasteiger partial charge on any atom is 0.214 e. The highest BCUT2D eigenvalue weighted by molar-refractivity contribution is 5.37. The van der Waals surface area contributed by atoms with Crippen LogP contribution in [-0.2, 0) is 0 Å². The summed E-state index contributed by atoms with van der Waals surface area (Å²) in [5.41, 5.74) is 1.22. The summed E-state index contributed by atoms with van der Waals surface area (Å²) in [6.07, 6.45) is 12.0. The van der Waals surface area contributed by atoms with Crippen molar-refractivity contribution in [1.29, 1.82) is 0 Å². The van der Waals surface area contributed by atoms with Crippen molar-refractivity contribution in [3.63, 3.8) is 0 Å². The van der Waals surface area contributed by atoms with Gasteiger partial charge in [0.15, 0.2) is 6.04 Å². The van der Waals surface area contributed by atoms with Crippen LogP contribution < -0.4 is 14.5 Å². The minimum Gasteiger partial charge on any atom is -0.496 e. The van der Waals surface area contributed by atoms with Gasteiger partial charge in [-0.15, -0.1) is 5.10 Å². The Hall–Kier alpha value is -1.99. The molecule has 1 aliphatic heterocycles. The lowest BCUT2D eigenvalue weighted by atomic mass is 9.93. The smallest absolute Gasteiger partial charge is 0.214 e. The third-order valence-corrected chi connectivity index (χ3v) is 8.02. The summed E-state index contributed by atoms with van der Waals surface area (Å²) < 4.78 is 7.95. The number of hydrogen-bond donors (Lipinski definition) is 2. The molecule has 1 aromatic carbocycles. The first-order valence-electron chi connectivity index (χ1n) is 12.4. The van der Waals surface area contributed by atoms with Gasteiger partial charge in [-0.1, -0.05) is 31.4 Å². The van der Waals surface area contributed by atoms with Gasteiger partial charge in [0.1, 0.15) is 31.9 Å². The second-order valence-corrected chi connectivity index (χ2v) is 9.75. The molecule has 0 amide bonds. The molecule has 0 unspecified atom stereocenters. The molecule has 2 aromatic rings. The van der Waals surface area contributed by atoms with Crippen molar-refractivity contribution >= 4 is 0 Å². The third kappa shape index (κ3) is 4.35. The van der Waals surface area contributed by atoms with Crippen LogP contribution in [0, 0.1) is 0 Å². The van der Waals surface area contributed by atoms with Crippen LogP contribution >= 0.6 is 0 Å². The molecule has 2 N–H and O–H groups in total. The van der Waals surface area contributed by atoms with Crippen LogP contribution in [0.25, 0.3) is 0 Å². The van der Waals surface area contributed by atoms with Gasteiger partial charge in [0.05, 0.1) is 24.8 Å². The van der Waals surface area contributed by atoms with Crippen molar-refractivity contribution in [3.05, 3.63) is 35.7 Å². The highest BCUT2D eigenvalue weighted by Gasteiger charge is 2.40. The lowest BCUT2D eigenvalue weighted by Crippen LogP contribution is -3.29. The molecule has 7 heteroatoms. The number of nitrogens with one attached hydrogen (secondary N) is 2. The SMILES string of the molecule is COc1ccccc1[C@@H](c1nnnn1C1CCCC1)[NH+]1CC[NH+](C2CCCCC2)CC1. The van der Waals surface area contributed by atoms with Gasteiger partial charge >= 0.3 is 0 Å². The average Bonchev–Trinajstić information content (AvgIpc) is 3.53. The van der Waals surface area contributed by atoms with E-state index >= 15 is 0 Å². The summed E-state index contributed by atoms with van der Waals surface area (Å²) in [7, 11) is 1.77. The summed E-state index contributed by atoms with van der Waals surface area (Å²) in [4.78, 5) is 3.41. The molecule has 0 spiro atoms. The fourth-order valence-electron chi connectivity index (χ4n) is 6.35. The molecule has 3 fully saturated rings. The van der Waals surface area contributed by atoms with E-state index in [1.165, 1.54) is 76.4 Å². The molecular formula is C24H38N6O+2. The molecule has 5 rings (SSSR count). The first-order chi connectivity index (χ1) is 15.3. The summed E-state index contributed by atoms with van der Waals surface area (Å²) in [5, 5.41) is 13.3. The van der Waals surface area contributed by atoms with E-state index in [0.29, 0.717) is 6.04 Å². The van der Waals surface area contributed by atoms with Gasteiger partial charge < -0.3 is 14.5 Å². The van der Waals surface area contributed by atoms with Gasteiger partial charge in [0.25, 0.3) is 0 Å². The molecule has 0 bridgehead atoms. The van der Waals surface area contributed by atoms with Crippen molar-refractivity contribution in [2.24, 2.45) is 0 Å². The van der Waals surface area contributed by atoms with Crippen LogP contribution in [0.5, 0.6) is 5.75 Å². The largest absolute Gasteiger partial charge is 0.496 e. The van der Waals surface area contributed by atoms with Gasteiger partial charge in [-0.05, 0) is 61.1 Å². The van der Waals surface area contributed by atoms with E-state index in [9.17, 15) is 0 Å². The van der Waals surface area contributed by atoms with Gasteiger partial charge in [-0.25, -0.2) is 4.68 Å². The maximum absolute atomic E-state index is 5.80. The molecule has 31 heavy (non-hydrogen) atoms. The monoisotopic (exact) mass is 426 g/mol. The number of ether oxygens (including phenoxy) is 1. The van der Waals surface area contributed by atoms with Crippen molar-refractivity contribution in [3.8, 4) is 5.75 Å². The predicted molar refractivity (Wildman–Crippen MR) is 118 cm³/mol. The number of nitrogens with zero attached hydrogens (tertiary/aromatic N) is 4. The highest BCUT2D eigenvalue weighted by Crippen LogP contribution is 2.33. The third-order valence-electron chi connectivity index (χ3n) is 8.02. The molecule has 2 saturated carbocycles. The number of hydrogen-bond acceptors (Lipinski definition) is 4. The van der Waals surface area contributed by atoms with E-state index < -0.39 is 0 Å². The molecule has 1 atom stereocenters. The summed E-state index contributed by atoms with van der Waals surface area (Å²) in [5.74, 6) is 1.97. The summed E-state index contributed by atoms with van der Waals surface area (Å²) in [6, 6.07) is 9.91. The van der Waals surface area contributed by atoms with Crippen molar-refractivity contribution in [2.75, 3.05) is 33.3 Å². The number of benzene rings is 1. The Morgan fingerprint density at radius 2 is 1.65 bits per heavy atom. The van der Waals surface area contributed by atoms with Crippen molar-refractivity contribution < 1.29 is 14.5 Å². The Labute approximate surface area is 185 Å². The standard InChI is InChI=1S/C24H36N6O/c1-31-22-14-8-7-13-21(22)23(24-25-26-27-30(24)20-11-5-6-12-20)29-17-15-28(16-18-29)19-9-3-2-4-10-19/h7-8,13-14,19-20,23H,2-6,9-12,15-18H2,1H3/p+2/t23-/m0/s1. The van der Waals surface area contributed by atoms with Gasteiger partial charge in [-0.3, -0.25) is 0 Å². The van der Waals surface area contributed by atoms with E-state index in [1.807, 2.05) is 4.90 Å². The lowest BCUT2D eigenvalue weighted by molar-refractivity contribution is -1.03. The number of aromatic nitrogens is 4. The van der Waals surface area contributed by atoms with E-state index in [4.69, 9.17) is 4.74 Å². The van der Waals surface area contributed by atoms with E-state index in [2.05, 4.69) is 44.5 Å². The van der Waals surface area contributed by atoms with Crippen LogP contribution in [0.4, 0.5) is 0 Å². The predicted octanol–water partition coefficient (Wildman–Crippen LogP) is 1.00. The first kappa shape index (κ1) is 20.9. The number of piperazine rings is 1. The maximum atomic E-state index is 5.80. The second kappa shape index (κ2) is 9.65. The Kier molecular flexibility index (Phi) is 6.50. The molecule has 2 heterocycles. The fourth-order valence-corrected chi connectivity index (χ4v) is 6.35. The number of tetrazole rings is 1. The Morgan fingerprint density at radius 1 is 0.935 bits per heavy atom. The van der Waals surface area contributed by atoms with E-state index in [0.717, 1.165) is 30.7 Å². The minimum absolute atomic E-state index is 0.125. The number of rotatable bonds is 6. The zero-order chi connectivity index (χ0) is 21.0. The van der Waals surface area contributed by atoms with Gasteiger partial charge in [-0.2, -0.15) is 0 Å². The lowest BCUT2D eigenvalue weighted by Gasteiger charge is -2.38. The molecule has 7 nitrogen and oxygen atoms in total. The Bertz CT molecular complexity index is 834. The van der Waals surface area contributed by atoms with E-state index in [1.54, 1.807) is 12.0 Å². The first-order valence-corrected chi connectivity index (χ1v) is 12.4. The molecule has 1 aromatic heterocycles. The number of methoxy groups -OCH3 is 1. The highest BCUT2D eigenvalue weighted by atomic mass is 16.5. The van der Waals surface area contributed by atoms with Crippen LogP contribution in [0.1, 0.15) is 81.3 Å². The molecule has 2 aliphatic carbocycles. The van der Waals surface area contributed by atoms with Gasteiger partial charge in [0, 0.05) is 0 Å². The molecule has 1 saturated heterocycles. The Morgan fingerprint density at radius 3 is 2.39 bits per heavy atom. The zero-order valence-corrected chi connectivity index (χ0v) is 18.9. The van der Waals surface area contributed by atoms with Crippen LogP contribution in [0.15, 0.2) is 24.3 Å². The van der Waals surface area contributed by atoms with Crippen molar-refractivity contribution in [2.45, 2.75) is 75.9 Å². The van der Waals surface area contributed by atoms with E-state index in [-0.39, 0.29) is 6.04 Å². The zero-order valence-electron chi connectivity index (χ0n) is 18.9. The van der Waals surface area contributed by atoms with Gasteiger partial charge in [0.2, 0.25) is 5.82 Å². The Balaban J connectivity index is 1.42.